The van der Waals surface area contributed by atoms with Gasteiger partial charge in [-0.3, -0.25) is 14.9 Å². The Morgan fingerprint density at radius 3 is 2.19 bits per heavy atom. The number of hydrogen-bond acceptors (Lipinski definition) is 4. The van der Waals surface area contributed by atoms with Crippen molar-refractivity contribution < 1.29 is 14.5 Å². The monoisotopic (exact) mass is 221 g/mol. The molecule has 1 aromatic carbocycles. The maximum Gasteiger partial charge on any atom is 0.269 e. The molecule has 0 fully saturated rings. The molecule has 5 heteroatoms. The van der Waals surface area contributed by atoms with Crippen LogP contribution in [-0.2, 0) is 4.79 Å². The standard InChI is InChI=1S/C11H11NO4/c1-8(13)2-7-11(14)9-3-5-10(6-4-9)12(15)16/h3-6H,2,7H2,1H3. The molecule has 0 bridgehead atoms. The molecule has 0 heterocycles. The van der Waals surface area contributed by atoms with Crippen molar-refractivity contribution in [1.29, 1.82) is 0 Å². The maximum atomic E-state index is 11.5. The second kappa shape index (κ2) is 5.16. The molecule has 0 saturated heterocycles. The second-order valence-corrected chi connectivity index (χ2v) is 3.43. The third-order valence-electron chi connectivity index (χ3n) is 2.10. The Bertz CT molecular complexity index is 422. The number of benzene rings is 1. The topological polar surface area (TPSA) is 77.3 Å². The lowest BCUT2D eigenvalue weighted by atomic mass is 10.1. The Hall–Kier alpha value is -2.04. The minimum absolute atomic E-state index is 0.0461. The van der Waals surface area contributed by atoms with E-state index in [1.54, 1.807) is 0 Å². The fourth-order valence-corrected chi connectivity index (χ4v) is 1.20. The molecule has 0 spiro atoms. The summed E-state index contributed by atoms with van der Waals surface area (Å²) in [6.07, 6.45) is 0.350. The molecule has 84 valence electrons. The van der Waals surface area contributed by atoms with Gasteiger partial charge in [-0.1, -0.05) is 0 Å². The zero-order valence-corrected chi connectivity index (χ0v) is 8.80. The van der Waals surface area contributed by atoms with Crippen molar-refractivity contribution in [3.63, 3.8) is 0 Å². The minimum atomic E-state index is -0.524. The van der Waals surface area contributed by atoms with Crippen LogP contribution in [0.5, 0.6) is 0 Å². The molecular weight excluding hydrogens is 210 g/mol. The van der Waals surface area contributed by atoms with Crippen molar-refractivity contribution in [1.82, 2.24) is 0 Å². The third-order valence-corrected chi connectivity index (χ3v) is 2.10. The predicted octanol–water partition coefficient (Wildman–Crippen LogP) is 2.15. The third kappa shape index (κ3) is 3.27. The van der Waals surface area contributed by atoms with Gasteiger partial charge < -0.3 is 4.79 Å². The number of rotatable bonds is 5. The van der Waals surface area contributed by atoms with Crippen LogP contribution in [0.4, 0.5) is 5.69 Å². The number of ketones is 2. The van der Waals surface area contributed by atoms with Crippen LogP contribution in [0.3, 0.4) is 0 Å². The molecule has 0 saturated carbocycles. The predicted molar refractivity (Wildman–Crippen MR) is 57.3 cm³/mol. The number of nitro groups is 1. The van der Waals surface area contributed by atoms with E-state index >= 15 is 0 Å². The lowest BCUT2D eigenvalue weighted by Gasteiger charge is -1.98. The quantitative estimate of drug-likeness (QED) is 0.433. The average Bonchev–Trinajstić information content (AvgIpc) is 2.26. The van der Waals surface area contributed by atoms with E-state index in [4.69, 9.17) is 0 Å². The Balaban J connectivity index is 2.70. The summed E-state index contributed by atoms with van der Waals surface area (Å²) in [6.45, 7) is 1.42. The molecular formula is C11H11NO4. The fraction of sp³-hybridized carbons (Fsp3) is 0.273. The van der Waals surface area contributed by atoms with E-state index < -0.39 is 4.92 Å². The number of non-ortho nitro benzene ring substituents is 1. The summed E-state index contributed by atoms with van der Waals surface area (Å²) in [6, 6.07) is 5.36. The summed E-state index contributed by atoms with van der Waals surface area (Å²) in [5.74, 6) is -0.222. The number of Topliss-reactive ketones (excluding diaryl/α,β-unsaturated/α-hetero) is 2. The van der Waals surface area contributed by atoms with E-state index in [2.05, 4.69) is 0 Å². The van der Waals surface area contributed by atoms with Crippen LogP contribution >= 0.6 is 0 Å². The van der Waals surface area contributed by atoms with E-state index in [1.165, 1.54) is 31.2 Å². The first-order chi connectivity index (χ1) is 7.50. The lowest BCUT2D eigenvalue weighted by Crippen LogP contribution is -2.02. The molecule has 0 aliphatic carbocycles. The van der Waals surface area contributed by atoms with Crippen molar-refractivity contribution in [2.24, 2.45) is 0 Å². The highest BCUT2D eigenvalue weighted by atomic mass is 16.6. The molecule has 0 amide bonds. The highest BCUT2D eigenvalue weighted by molar-refractivity contribution is 5.98. The largest absolute Gasteiger partial charge is 0.300 e. The van der Waals surface area contributed by atoms with Crippen molar-refractivity contribution in [2.45, 2.75) is 19.8 Å². The molecule has 0 aromatic heterocycles. The lowest BCUT2D eigenvalue weighted by molar-refractivity contribution is -0.384. The zero-order chi connectivity index (χ0) is 12.1. The number of carbonyl (C=O) groups is 2. The Labute approximate surface area is 92.2 Å². The highest BCUT2D eigenvalue weighted by Gasteiger charge is 2.09. The highest BCUT2D eigenvalue weighted by Crippen LogP contribution is 2.13. The van der Waals surface area contributed by atoms with E-state index in [0.717, 1.165) is 0 Å². The van der Waals surface area contributed by atoms with Crippen molar-refractivity contribution >= 4 is 17.3 Å². The molecule has 0 unspecified atom stereocenters. The van der Waals surface area contributed by atoms with Crippen LogP contribution in [0.1, 0.15) is 30.1 Å². The summed E-state index contributed by atoms with van der Waals surface area (Å²) in [7, 11) is 0. The number of nitro benzene ring substituents is 1. The van der Waals surface area contributed by atoms with Gasteiger partial charge >= 0.3 is 0 Å². The normalized spacial score (nSPS) is 9.81. The van der Waals surface area contributed by atoms with Gasteiger partial charge in [0.25, 0.3) is 5.69 Å². The number of carbonyl (C=O) groups excluding carboxylic acids is 2. The Morgan fingerprint density at radius 2 is 1.75 bits per heavy atom. The second-order valence-electron chi connectivity index (χ2n) is 3.43. The smallest absolute Gasteiger partial charge is 0.269 e. The van der Waals surface area contributed by atoms with Gasteiger partial charge in [-0.05, 0) is 19.1 Å². The number of nitrogens with zero attached hydrogens (tertiary/aromatic N) is 1. The first-order valence-corrected chi connectivity index (χ1v) is 4.78. The average molecular weight is 221 g/mol. The summed E-state index contributed by atoms with van der Waals surface area (Å²) in [5.41, 5.74) is 0.343. The van der Waals surface area contributed by atoms with Crippen LogP contribution in [0.2, 0.25) is 0 Å². The van der Waals surface area contributed by atoms with Crippen LogP contribution in [0.15, 0.2) is 24.3 Å². The molecule has 0 radical (unpaired) electrons. The zero-order valence-electron chi connectivity index (χ0n) is 8.80. The van der Waals surface area contributed by atoms with Gasteiger partial charge in [0.05, 0.1) is 4.92 Å². The summed E-state index contributed by atoms with van der Waals surface area (Å²) >= 11 is 0. The van der Waals surface area contributed by atoms with Gasteiger partial charge in [0.2, 0.25) is 0 Å². The van der Waals surface area contributed by atoms with Gasteiger partial charge in [-0.2, -0.15) is 0 Å². The van der Waals surface area contributed by atoms with Crippen molar-refractivity contribution in [2.75, 3.05) is 0 Å². The molecule has 0 atom stereocenters. The van der Waals surface area contributed by atoms with Gasteiger partial charge in [0, 0.05) is 30.5 Å². The Kier molecular flexibility index (Phi) is 3.88. The van der Waals surface area contributed by atoms with E-state index in [0.29, 0.717) is 5.56 Å². The van der Waals surface area contributed by atoms with Crippen LogP contribution in [0.25, 0.3) is 0 Å². The molecule has 16 heavy (non-hydrogen) atoms. The summed E-state index contributed by atoms with van der Waals surface area (Å²) in [4.78, 5) is 32.0. The van der Waals surface area contributed by atoms with Gasteiger partial charge in [0.15, 0.2) is 5.78 Å². The minimum Gasteiger partial charge on any atom is -0.300 e. The molecule has 0 aliphatic heterocycles. The first-order valence-electron chi connectivity index (χ1n) is 4.78. The van der Waals surface area contributed by atoms with Crippen LogP contribution < -0.4 is 0 Å². The SMILES string of the molecule is CC(=O)CCC(=O)c1ccc([N+](=O)[O-])cc1. The van der Waals surface area contributed by atoms with Crippen LogP contribution in [-0.4, -0.2) is 16.5 Å². The van der Waals surface area contributed by atoms with E-state index in [9.17, 15) is 19.7 Å². The van der Waals surface area contributed by atoms with Crippen LogP contribution in [0, 0.1) is 10.1 Å². The first kappa shape index (κ1) is 12.0. The molecule has 0 N–H and O–H groups in total. The fourth-order valence-electron chi connectivity index (χ4n) is 1.20. The molecule has 1 aromatic rings. The molecule has 1 rings (SSSR count). The van der Waals surface area contributed by atoms with E-state index in [-0.39, 0.29) is 30.1 Å². The van der Waals surface area contributed by atoms with Gasteiger partial charge in [-0.25, -0.2) is 0 Å². The van der Waals surface area contributed by atoms with Gasteiger partial charge in [-0.15, -0.1) is 0 Å². The summed E-state index contributed by atoms with van der Waals surface area (Å²) in [5, 5.41) is 10.4. The Morgan fingerprint density at radius 1 is 1.19 bits per heavy atom. The van der Waals surface area contributed by atoms with Crippen molar-refractivity contribution in [3.8, 4) is 0 Å². The van der Waals surface area contributed by atoms with Gasteiger partial charge in [0.1, 0.15) is 5.78 Å². The maximum absolute atomic E-state index is 11.5. The number of hydrogen-bond donors (Lipinski definition) is 0. The summed E-state index contributed by atoms with van der Waals surface area (Å²) < 4.78 is 0. The van der Waals surface area contributed by atoms with E-state index in [1.807, 2.05) is 0 Å². The van der Waals surface area contributed by atoms with Crippen molar-refractivity contribution in [3.05, 3.63) is 39.9 Å². The molecule has 5 nitrogen and oxygen atoms in total. The molecule has 0 aliphatic rings.